The van der Waals surface area contributed by atoms with Crippen molar-refractivity contribution in [2.45, 2.75) is 25.2 Å². The van der Waals surface area contributed by atoms with E-state index in [0.717, 1.165) is 25.0 Å². The van der Waals surface area contributed by atoms with Gasteiger partial charge >= 0.3 is 0 Å². The molecule has 5 nitrogen and oxygen atoms in total. The molecule has 0 bridgehead atoms. The summed E-state index contributed by atoms with van der Waals surface area (Å²) in [5.74, 6) is 1.14. The minimum absolute atomic E-state index is 0.181. The van der Waals surface area contributed by atoms with Crippen molar-refractivity contribution in [2.75, 3.05) is 13.1 Å². The van der Waals surface area contributed by atoms with E-state index in [2.05, 4.69) is 10.5 Å². The highest BCUT2D eigenvalue weighted by molar-refractivity contribution is 5.92. The van der Waals surface area contributed by atoms with Gasteiger partial charge in [-0.05, 0) is 25.8 Å². The summed E-state index contributed by atoms with van der Waals surface area (Å²) >= 11 is 0. The van der Waals surface area contributed by atoms with Gasteiger partial charge in [0.15, 0.2) is 5.69 Å². The van der Waals surface area contributed by atoms with E-state index in [4.69, 9.17) is 10.3 Å². The summed E-state index contributed by atoms with van der Waals surface area (Å²) in [6.45, 7) is 1.16. The molecule has 1 aromatic rings. The van der Waals surface area contributed by atoms with Crippen LogP contribution in [-0.2, 0) is 0 Å². The highest BCUT2D eigenvalue weighted by Gasteiger charge is 2.28. The number of hydrogen-bond acceptors (Lipinski definition) is 4. The molecule has 1 saturated carbocycles. The lowest BCUT2D eigenvalue weighted by atomic mass is 10.3. The molecule has 0 aliphatic heterocycles. The lowest BCUT2D eigenvalue weighted by Gasteiger charge is -1.99. The normalized spacial score (nSPS) is 15.3. The minimum atomic E-state index is -0.181. The van der Waals surface area contributed by atoms with Crippen LogP contribution in [-0.4, -0.2) is 24.2 Å². The molecule has 82 valence electrons. The summed E-state index contributed by atoms with van der Waals surface area (Å²) in [5, 5.41) is 6.47. The average molecular weight is 209 g/mol. The van der Waals surface area contributed by atoms with Gasteiger partial charge in [-0.25, -0.2) is 0 Å². The van der Waals surface area contributed by atoms with Crippen molar-refractivity contribution in [1.29, 1.82) is 0 Å². The molecule has 0 spiro atoms. The first kappa shape index (κ1) is 10.2. The van der Waals surface area contributed by atoms with Crippen molar-refractivity contribution in [3.05, 3.63) is 17.5 Å². The van der Waals surface area contributed by atoms with E-state index in [-0.39, 0.29) is 5.91 Å². The van der Waals surface area contributed by atoms with Gasteiger partial charge in [-0.2, -0.15) is 0 Å². The highest BCUT2D eigenvalue weighted by atomic mass is 16.5. The molecule has 1 amide bonds. The number of carbonyl (C=O) groups is 1. The Morgan fingerprint density at radius 1 is 1.67 bits per heavy atom. The van der Waals surface area contributed by atoms with Crippen molar-refractivity contribution in [2.24, 2.45) is 5.73 Å². The van der Waals surface area contributed by atoms with Gasteiger partial charge in [0.05, 0.1) is 0 Å². The Balaban J connectivity index is 1.87. The smallest absolute Gasteiger partial charge is 0.273 e. The molecule has 1 aromatic heterocycles. The summed E-state index contributed by atoms with van der Waals surface area (Å²) in [6.07, 6.45) is 3.06. The number of aromatic nitrogens is 1. The van der Waals surface area contributed by atoms with Crippen LogP contribution in [0.15, 0.2) is 10.6 Å². The summed E-state index contributed by atoms with van der Waals surface area (Å²) in [4.78, 5) is 11.5. The maximum absolute atomic E-state index is 11.5. The molecular weight excluding hydrogens is 194 g/mol. The van der Waals surface area contributed by atoms with Gasteiger partial charge in [-0.15, -0.1) is 0 Å². The fourth-order valence-electron chi connectivity index (χ4n) is 1.35. The maximum atomic E-state index is 11.5. The van der Waals surface area contributed by atoms with Crippen LogP contribution in [0.25, 0.3) is 0 Å². The Hall–Kier alpha value is -1.36. The number of carbonyl (C=O) groups excluding carboxylic acids is 1. The summed E-state index contributed by atoms with van der Waals surface area (Å²) in [5.41, 5.74) is 5.69. The van der Waals surface area contributed by atoms with Gasteiger partial charge in [-0.1, -0.05) is 5.16 Å². The van der Waals surface area contributed by atoms with E-state index in [9.17, 15) is 4.79 Å². The third-order valence-corrected chi connectivity index (χ3v) is 2.41. The van der Waals surface area contributed by atoms with E-state index >= 15 is 0 Å². The van der Waals surface area contributed by atoms with Gasteiger partial charge in [0.25, 0.3) is 5.91 Å². The van der Waals surface area contributed by atoms with Gasteiger partial charge in [0.1, 0.15) is 5.76 Å². The number of nitrogens with zero attached hydrogens (tertiary/aromatic N) is 1. The molecule has 5 heteroatoms. The number of amides is 1. The fourth-order valence-corrected chi connectivity index (χ4v) is 1.35. The second-order valence-corrected chi connectivity index (χ2v) is 3.79. The predicted octanol–water partition coefficient (Wildman–Crippen LogP) is 0.631. The molecule has 0 atom stereocenters. The molecule has 1 heterocycles. The van der Waals surface area contributed by atoms with Crippen molar-refractivity contribution in [1.82, 2.24) is 10.5 Å². The van der Waals surface area contributed by atoms with Crippen molar-refractivity contribution in [3.8, 4) is 0 Å². The third kappa shape index (κ3) is 2.56. The van der Waals surface area contributed by atoms with Crippen LogP contribution in [0.5, 0.6) is 0 Å². The van der Waals surface area contributed by atoms with Crippen LogP contribution in [0.3, 0.4) is 0 Å². The van der Waals surface area contributed by atoms with E-state index in [1.54, 1.807) is 6.07 Å². The average Bonchev–Trinajstić information content (AvgIpc) is 2.97. The first-order valence-electron chi connectivity index (χ1n) is 5.26. The number of rotatable bonds is 5. The number of nitrogens with one attached hydrogen (secondary N) is 1. The van der Waals surface area contributed by atoms with Crippen LogP contribution in [0.1, 0.15) is 41.4 Å². The zero-order valence-electron chi connectivity index (χ0n) is 8.53. The van der Waals surface area contributed by atoms with E-state index in [0.29, 0.717) is 24.7 Å². The molecule has 3 N–H and O–H groups in total. The van der Waals surface area contributed by atoms with Crippen molar-refractivity contribution >= 4 is 5.91 Å². The molecule has 0 saturated heterocycles. The molecule has 1 fully saturated rings. The van der Waals surface area contributed by atoms with Crippen LogP contribution in [0.4, 0.5) is 0 Å². The molecule has 0 radical (unpaired) electrons. The summed E-state index contributed by atoms with van der Waals surface area (Å²) in [7, 11) is 0. The molecule has 0 unspecified atom stereocenters. The second-order valence-electron chi connectivity index (χ2n) is 3.79. The predicted molar refractivity (Wildman–Crippen MR) is 54.5 cm³/mol. The Kier molecular flexibility index (Phi) is 3.01. The van der Waals surface area contributed by atoms with Gasteiger partial charge < -0.3 is 15.6 Å². The van der Waals surface area contributed by atoms with Crippen LogP contribution >= 0.6 is 0 Å². The second kappa shape index (κ2) is 4.44. The molecular formula is C10H15N3O2. The lowest BCUT2D eigenvalue weighted by molar-refractivity contribution is 0.0944. The molecule has 0 aromatic carbocycles. The van der Waals surface area contributed by atoms with Crippen LogP contribution in [0, 0.1) is 0 Å². The first-order chi connectivity index (χ1) is 7.31. The highest BCUT2D eigenvalue weighted by Crippen LogP contribution is 2.40. The number of hydrogen-bond donors (Lipinski definition) is 2. The molecule has 15 heavy (non-hydrogen) atoms. The summed E-state index contributed by atoms with van der Waals surface area (Å²) in [6, 6.07) is 1.73. The summed E-state index contributed by atoms with van der Waals surface area (Å²) < 4.78 is 5.08. The van der Waals surface area contributed by atoms with Crippen LogP contribution < -0.4 is 11.1 Å². The molecule has 1 aliphatic rings. The quantitative estimate of drug-likeness (QED) is 0.697. The Morgan fingerprint density at radius 3 is 3.13 bits per heavy atom. The first-order valence-corrected chi connectivity index (χ1v) is 5.26. The Labute approximate surface area is 88.0 Å². The lowest BCUT2D eigenvalue weighted by Crippen LogP contribution is -2.26. The fraction of sp³-hybridized carbons (Fsp3) is 0.600. The number of nitrogens with two attached hydrogens (primary N) is 1. The minimum Gasteiger partial charge on any atom is -0.360 e. The van der Waals surface area contributed by atoms with Crippen molar-refractivity contribution in [3.63, 3.8) is 0 Å². The third-order valence-electron chi connectivity index (χ3n) is 2.41. The van der Waals surface area contributed by atoms with Crippen molar-refractivity contribution < 1.29 is 9.32 Å². The zero-order chi connectivity index (χ0) is 10.7. The van der Waals surface area contributed by atoms with E-state index in [1.165, 1.54) is 0 Å². The van der Waals surface area contributed by atoms with E-state index in [1.807, 2.05) is 0 Å². The van der Waals surface area contributed by atoms with Gasteiger partial charge in [0, 0.05) is 18.5 Å². The SMILES string of the molecule is NCCCNC(=O)c1cc(C2CC2)on1. The monoisotopic (exact) mass is 209 g/mol. The topological polar surface area (TPSA) is 81.1 Å². The zero-order valence-corrected chi connectivity index (χ0v) is 8.53. The molecule has 1 aliphatic carbocycles. The Morgan fingerprint density at radius 2 is 2.47 bits per heavy atom. The molecule has 2 rings (SSSR count). The van der Waals surface area contributed by atoms with Crippen LogP contribution in [0.2, 0.25) is 0 Å². The Bertz CT molecular complexity index is 344. The maximum Gasteiger partial charge on any atom is 0.273 e. The van der Waals surface area contributed by atoms with Gasteiger partial charge in [-0.3, -0.25) is 4.79 Å². The van der Waals surface area contributed by atoms with E-state index < -0.39 is 0 Å². The van der Waals surface area contributed by atoms with Gasteiger partial charge in [0.2, 0.25) is 0 Å². The standard InChI is InChI=1S/C10H15N3O2/c11-4-1-5-12-10(14)8-6-9(15-13-8)7-2-3-7/h6-7H,1-5,11H2,(H,12,14). The largest absolute Gasteiger partial charge is 0.360 e.